The number of nitrogens with one attached hydrogen (secondary N) is 1. The van der Waals surface area contributed by atoms with Gasteiger partial charge in [-0.3, -0.25) is 4.72 Å². The molecule has 0 atom stereocenters. The van der Waals surface area contributed by atoms with E-state index in [1.165, 1.54) is 7.11 Å². The van der Waals surface area contributed by atoms with Crippen LogP contribution in [0.1, 0.15) is 5.56 Å². The summed E-state index contributed by atoms with van der Waals surface area (Å²) in [6, 6.07) is 15.9. The Morgan fingerprint density at radius 1 is 1.10 bits per heavy atom. The Morgan fingerprint density at radius 3 is 2.55 bits per heavy atom. The number of imidazole rings is 1. The molecule has 0 bridgehead atoms. The minimum Gasteiger partial charge on any atom is -0.495 e. The van der Waals surface area contributed by atoms with Gasteiger partial charge in [0.2, 0.25) is 0 Å². The Bertz CT molecular complexity index is 1300. The fraction of sp³-hybridized carbons (Fsp3) is 0.0952. The molecule has 0 spiro atoms. The van der Waals surface area contributed by atoms with E-state index in [9.17, 15) is 8.42 Å². The zero-order valence-corrected chi connectivity index (χ0v) is 18.7. The SMILES string of the molecule is COc1ccc(-c2cn3cccc(C)c3n2)cc1NS(=O)(=O)c1ccc(I)cc1. The second-order valence-electron chi connectivity index (χ2n) is 6.52. The average molecular weight is 519 g/mol. The Hall–Kier alpha value is -2.59. The van der Waals surface area contributed by atoms with Crippen LogP contribution >= 0.6 is 22.6 Å². The van der Waals surface area contributed by atoms with Crippen molar-refractivity contribution in [1.29, 1.82) is 0 Å². The molecule has 0 fully saturated rings. The number of anilines is 1. The highest BCUT2D eigenvalue weighted by atomic mass is 127. The Kier molecular flexibility index (Phi) is 5.22. The fourth-order valence-electron chi connectivity index (χ4n) is 3.06. The fourth-order valence-corrected chi connectivity index (χ4v) is 4.48. The van der Waals surface area contributed by atoms with Crippen LogP contribution in [0, 0.1) is 10.5 Å². The number of hydrogen-bond donors (Lipinski definition) is 1. The molecule has 0 radical (unpaired) electrons. The lowest BCUT2D eigenvalue weighted by Crippen LogP contribution is -2.13. The molecule has 6 nitrogen and oxygen atoms in total. The molecule has 0 aliphatic rings. The highest BCUT2D eigenvalue weighted by Gasteiger charge is 2.18. The van der Waals surface area contributed by atoms with Crippen LogP contribution in [0.25, 0.3) is 16.9 Å². The molecule has 2 aromatic carbocycles. The minimum atomic E-state index is -3.75. The van der Waals surface area contributed by atoms with Crippen LogP contribution < -0.4 is 9.46 Å². The van der Waals surface area contributed by atoms with Crippen molar-refractivity contribution in [2.45, 2.75) is 11.8 Å². The molecule has 0 unspecified atom stereocenters. The first-order chi connectivity index (χ1) is 13.9. The zero-order chi connectivity index (χ0) is 20.6. The molecule has 0 aliphatic heterocycles. The van der Waals surface area contributed by atoms with E-state index in [2.05, 4.69) is 32.3 Å². The van der Waals surface area contributed by atoms with E-state index in [0.717, 1.165) is 26.0 Å². The number of aromatic nitrogens is 2. The lowest BCUT2D eigenvalue weighted by Gasteiger charge is -2.13. The summed E-state index contributed by atoms with van der Waals surface area (Å²) in [6.45, 7) is 2.00. The van der Waals surface area contributed by atoms with Gasteiger partial charge in [-0.1, -0.05) is 6.07 Å². The highest BCUT2D eigenvalue weighted by Crippen LogP contribution is 2.32. The molecule has 2 aromatic heterocycles. The maximum absolute atomic E-state index is 12.8. The quantitative estimate of drug-likeness (QED) is 0.388. The Labute approximate surface area is 182 Å². The third-order valence-electron chi connectivity index (χ3n) is 4.54. The Morgan fingerprint density at radius 2 is 1.86 bits per heavy atom. The van der Waals surface area contributed by atoms with E-state index < -0.39 is 10.0 Å². The molecule has 0 saturated carbocycles. The number of halogens is 1. The van der Waals surface area contributed by atoms with Gasteiger partial charge in [0.15, 0.2) is 0 Å². The molecule has 29 heavy (non-hydrogen) atoms. The molecule has 8 heteroatoms. The van der Waals surface area contributed by atoms with Crippen molar-refractivity contribution in [2.75, 3.05) is 11.8 Å². The lowest BCUT2D eigenvalue weighted by atomic mass is 10.1. The number of nitrogens with zero attached hydrogens (tertiary/aromatic N) is 2. The second kappa shape index (κ2) is 7.68. The molecule has 0 saturated heterocycles. The molecule has 2 heterocycles. The van der Waals surface area contributed by atoms with E-state index in [-0.39, 0.29) is 4.90 Å². The number of benzene rings is 2. The summed E-state index contributed by atoms with van der Waals surface area (Å²) in [5.74, 6) is 0.433. The largest absolute Gasteiger partial charge is 0.495 e. The molecular weight excluding hydrogens is 501 g/mol. The normalized spacial score (nSPS) is 11.6. The molecule has 0 aliphatic carbocycles. The van der Waals surface area contributed by atoms with Crippen molar-refractivity contribution in [2.24, 2.45) is 0 Å². The zero-order valence-electron chi connectivity index (χ0n) is 15.8. The van der Waals surface area contributed by atoms with Crippen molar-refractivity contribution in [3.63, 3.8) is 0 Å². The highest BCUT2D eigenvalue weighted by molar-refractivity contribution is 14.1. The predicted octanol–water partition coefficient (Wildman–Crippen LogP) is 4.72. The standard InChI is InChI=1S/C21H18IN3O3S/c1-14-4-3-11-25-13-19(23-21(14)25)15-5-10-20(28-2)18(12-15)24-29(26,27)17-8-6-16(22)7-9-17/h3-13,24H,1-2H3. The van der Waals surface area contributed by atoms with Gasteiger partial charge in [-0.25, -0.2) is 13.4 Å². The first-order valence-electron chi connectivity index (χ1n) is 8.78. The third kappa shape index (κ3) is 3.95. The van der Waals surface area contributed by atoms with Crippen molar-refractivity contribution in [1.82, 2.24) is 9.38 Å². The van der Waals surface area contributed by atoms with Gasteiger partial charge in [0.05, 0.1) is 23.4 Å². The molecular formula is C21H18IN3O3S. The van der Waals surface area contributed by atoms with Gasteiger partial charge >= 0.3 is 0 Å². The second-order valence-corrected chi connectivity index (χ2v) is 9.45. The van der Waals surface area contributed by atoms with Gasteiger partial charge in [-0.15, -0.1) is 0 Å². The number of fused-ring (bicyclic) bond motifs is 1. The average Bonchev–Trinajstić information content (AvgIpc) is 3.14. The van der Waals surface area contributed by atoms with Crippen LogP contribution in [-0.4, -0.2) is 24.9 Å². The molecule has 4 aromatic rings. The smallest absolute Gasteiger partial charge is 0.262 e. The summed E-state index contributed by atoms with van der Waals surface area (Å²) < 4.78 is 36.6. The lowest BCUT2D eigenvalue weighted by molar-refractivity contribution is 0.417. The molecule has 4 rings (SSSR count). The molecule has 148 valence electrons. The summed E-state index contributed by atoms with van der Waals surface area (Å²) in [4.78, 5) is 4.88. The van der Waals surface area contributed by atoms with Crippen molar-refractivity contribution in [3.05, 3.63) is 76.1 Å². The van der Waals surface area contributed by atoms with E-state index in [4.69, 9.17) is 4.74 Å². The number of sulfonamides is 1. The van der Waals surface area contributed by atoms with Gasteiger partial charge in [-0.2, -0.15) is 0 Å². The Balaban J connectivity index is 1.75. The van der Waals surface area contributed by atoms with Gasteiger partial charge in [0.1, 0.15) is 11.4 Å². The van der Waals surface area contributed by atoms with Gasteiger partial charge < -0.3 is 9.14 Å². The van der Waals surface area contributed by atoms with Crippen LogP contribution in [0.4, 0.5) is 5.69 Å². The maximum atomic E-state index is 12.8. The van der Waals surface area contributed by atoms with Crippen LogP contribution in [0.5, 0.6) is 5.75 Å². The van der Waals surface area contributed by atoms with E-state index >= 15 is 0 Å². The number of rotatable bonds is 5. The first kappa shape index (κ1) is 19.7. The van der Waals surface area contributed by atoms with Gasteiger partial charge in [0.25, 0.3) is 10.0 Å². The minimum absolute atomic E-state index is 0.189. The van der Waals surface area contributed by atoms with Crippen LogP contribution in [0.15, 0.2) is 71.9 Å². The van der Waals surface area contributed by atoms with Crippen molar-refractivity contribution in [3.8, 4) is 17.0 Å². The van der Waals surface area contributed by atoms with E-state index in [1.54, 1.807) is 36.4 Å². The summed E-state index contributed by atoms with van der Waals surface area (Å²) in [5.41, 5.74) is 3.81. The molecule has 1 N–H and O–H groups in total. The number of hydrogen-bond acceptors (Lipinski definition) is 4. The van der Waals surface area contributed by atoms with Gasteiger partial charge in [0, 0.05) is 21.5 Å². The van der Waals surface area contributed by atoms with Crippen LogP contribution in [-0.2, 0) is 10.0 Å². The summed E-state index contributed by atoms with van der Waals surface area (Å²) in [6.07, 6.45) is 3.85. The topological polar surface area (TPSA) is 72.7 Å². The van der Waals surface area contributed by atoms with Crippen LogP contribution in [0.3, 0.4) is 0 Å². The molecule has 0 amide bonds. The predicted molar refractivity (Wildman–Crippen MR) is 122 cm³/mol. The van der Waals surface area contributed by atoms with Crippen molar-refractivity contribution >= 4 is 43.9 Å². The maximum Gasteiger partial charge on any atom is 0.262 e. The monoisotopic (exact) mass is 519 g/mol. The summed E-state index contributed by atoms with van der Waals surface area (Å²) in [5, 5.41) is 0. The summed E-state index contributed by atoms with van der Waals surface area (Å²) >= 11 is 2.13. The number of aryl methyl sites for hydroxylation is 1. The van der Waals surface area contributed by atoms with Gasteiger partial charge in [-0.05, 0) is 83.6 Å². The summed E-state index contributed by atoms with van der Waals surface area (Å²) in [7, 11) is -2.25. The third-order valence-corrected chi connectivity index (χ3v) is 6.64. The van der Waals surface area contributed by atoms with Crippen LogP contribution in [0.2, 0.25) is 0 Å². The number of ether oxygens (including phenoxy) is 1. The van der Waals surface area contributed by atoms with Crippen molar-refractivity contribution < 1.29 is 13.2 Å². The number of methoxy groups -OCH3 is 1. The van der Waals surface area contributed by atoms with E-state index in [1.807, 2.05) is 41.9 Å². The number of pyridine rings is 1. The van der Waals surface area contributed by atoms with E-state index in [0.29, 0.717) is 11.4 Å². The first-order valence-corrected chi connectivity index (χ1v) is 11.3.